The summed E-state index contributed by atoms with van der Waals surface area (Å²) in [5, 5.41) is 11.1. The predicted octanol–water partition coefficient (Wildman–Crippen LogP) is 5.77. The van der Waals surface area contributed by atoms with E-state index in [9.17, 15) is 10.1 Å². The van der Waals surface area contributed by atoms with Crippen LogP contribution in [0.1, 0.15) is 16.7 Å². The van der Waals surface area contributed by atoms with Crippen molar-refractivity contribution in [1.29, 1.82) is 0 Å². The molecule has 138 valence electrons. The number of nitro groups is 1. The van der Waals surface area contributed by atoms with Crippen LogP contribution >= 0.6 is 0 Å². The molecule has 0 fully saturated rings. The summed E-state index contributed by atoms with van der Waals surface area (Å²) in [5.41, 5.74) is 5.77. The van der Waals surface area contributed by atoms with Gasteiger partial charge < -0.3 is 4.42 Å². The zero-order valence-corrected chi connectivity index (χ0v) is 15.4. The van der Waals surface area contributed by atoms with Gasteiger partial charge in [0.15, 0.2) is 5.58 Å². The molecule has 0 bridgehead atoms. The largest absolute Gasteiger partial charge is 0.436 e. The lowest BCUT2D eigenvalue weighted by atomic mass is 10.1. The smallest absolute Gasteiger partial charge is 0.278 e. The third kappa shape index (κ3) is 3.40. The number of hydrogen-bond donors (Lipinski definition) is 0. The van der Waals surface area contributed by atoms with Crippen molar-refractivity contribution in [2.24, 2.45) is 4.99 Å². The molecule has 4 aromatic rings. The topological polar surface area (TPSA) is 81.5 Å². The zero-order chi connectivity index (χ0) is 19.7. The van der Waals surface area contributed by atoms with Crippen molar-refractivity contribution in [3.63, 3.8) is 0 Å². The van der Waals surface area contributed by atoms with Crippen LogP contribution in [0, 0.1) is 24.0 Å². The van der Waals surface area contributed by atoms with E-state index in [1.165, 1.54) is 23.4 Å². The summed E-state index contributed by atoms with van der Waals surface area (Å²) in [6.07, 6.45) is 1.49. The standard InChI is InChI=1S/C22H17N3O3/c1-14-7-8-16(11-15(14)2)22-24-19-12-18(9-10-21(19)28-22)23-13-17-5-3-4-6-20(17)25(26)27/h3-13H,1-2H3. The van der Waals surface area contributed by atoms with Gasteiger partial charge >= 0.3 is 0 Å². The van der Waals surface area contributed by atoms with E-state index in [1.54, 1.807) is 36.4 Å². The van der Waals surface area contributed by atoms with Gasteiger partial charge in [-0.3, -0.25) is 15.1 Å². The molecule has 0 unspecified atom stereocenters. The summed E-state index contributed by atoms with van der Waals surface area (Å²) >= 11 is 0. The predicted molar refractivity (Wildman–Crippen MR) is 109 cm³/mol. The first-order valence-corrected chi connectivity index (χ1v) is 8.77. The minimum Gasteiger partial charge on any atom is -0.436 e. The molecule has 1 heterocycles. The van der Waals surface area contributed by atoms with E-state index in [-0.39, 0.29) is 5.69 Å². The average Bonchev–Trinajstić information content (AvgIpc) is 3.12. The van der Waals surface area contributed by atoms with Crippen molar-refractivity contribution in [2.45, 2.75) is 13.8 Å². The summed E-state index contributed by atoms with van der Waals surface area (Å²) in [6.45, 7) is 4.11. The molecule has 0 N–H and O–H groups in total. The van der Waals surface area contributed by atoms with E-state index in [0.717, 1.165) is 5.56 Å². The highest BCUT2D eigenvalue weighted by Crippen LogP contribution is 2.28. The van der Waals surface area contributed by atoms with Crippen LogP contribution in [-0.2, 0) is 0 Å². The molecule has 6 nitrogen and oxygen atoms in total. The fourth-order valence-electron chi connectivity index (χ4n) is 2.90. The molecule has 0 aliphatic heterocycles. The van der Waals surface area contributed by atoms with E-state index >= 15 is 0 Å². The Labute approximate surface area is 161 Å². The third-order valence-corrected chi connectivity index (χ3v) is 4.61. The van der Waals surface area contributed by atoms with Gasteiger partial charge in [-0.2, -0.15) is 0 Å². The van der Waals surface area contributed by atoms with Crippen molar-refractivity contribution in [3.05, 3.63) is 87.5 Å². The molecule has 0 aliphatic carbocycles. The monoisotopic (exact) mass is 371 g/mol. The number of hydrogen-bond acceptors (Lipinski definition) is 5. The molecule has 0 atom stereocenters. The second kappa shape index (κ2) is 7.08. The number of fused-ring (bicyclic) bond motifs is 1. The molecule has 6 heteroatoms. The Hall–Kier alpha value is -3.80. The van der Waals surface area contributed by atoms with Gasteiger partial charge in [0.1, 0.15) is 5.52 Å². The number of para-hydroxylation sites is 1. The minimum atomic E-state index is -0.419. The molecular formula is C22H17N3O3. The van der Waals surface area contributed by atoms with Crippen LogP contribution in [0.15, 0.2) is 70.1 Å². The highest BCUT2D eigenvalue weighted by atomic mass is 16.6. The minimum absolute atomic E-state index is 0.0193. The number of nitro benzene ring substituents is 1. The summed E-state index contributed by atoms with van der Waals surface area (Å²) in [5.74, 6) is 0.554. The highest BCUT2D eigenvalue weighted by Gasteiger charge is 2.11. The molecular weight excluding hydrogens is 354 g/mol. The van der Waals surface area contributed by atoms with Gasteiger partial charge in [0, 0.05) is 17.8 Å². The quantitative estimate of drug-likeness (QED) is 0.259. The number of aromatic nitrogens is 1. The maximum Gasteiger partial charge on any atom is 0.278 e. The molecule has 0 radical (unpaired) electrons. The van der Waals surface area contributed by atoms with Crippen LogP contribution in [0.25, 0.3) is 22.6 Å². The Bertz CT molecular complexity index is 1220. The SMILES string of the molecule is Cc1ccc(-c2nc3cc(N=Cc4ccccc4[N+](=O)[O-])ccc3o2)cc1C. The van der Waals surface area contributed by atoms with Gasteiger partial charge in [-0.05, 0) is 61.4 Å². The highest BCUT2D eigenvalue weighted by molar-refractivity contribution is 5.88. The first-order valence-electron chi connectivity index (χ1n) is 8.77. The van der Waals surface area contributed by atoms with Crippen LogP contribution in [0.2, 0.25) is 0 Å². The first-order chi connectivity index (χ1) is 13.5. The fourth-order valence-corrected chi connectivity index (χ4v) is 2.90. The molecule has 0 saturated heterocycles. The van der Waals surface area contributed by atoms with Gasteiger partial charge in [-0.1, -0.05) is 18.2 Å². The van der Waals surface area contributed by atoms with Gasteiger partial charge in [-0.25, -0.2) is 4.98 Å². The number of oxazole rings is 1. The van der Waals surface area contributed by atoms with Crippen molar-refractivity contribution >= 4 is 28.7 Å². The van der Waals surface area contributed by atoms with Crippen LogP contribution in [0.5, 0.6) is 0 Å². The third-order valence-electron chi connectivity index (χ3n) is 4.61. The van der Waals surface area contributed by atoms with Crippen molar-refractivity contribution in [1.82, 2.24) is 4.98 Å². The van der Waals surface area contributed by atoms with E-state index in [0.29, 0.717) is 28.2 Å². The first kappa shape index (κ1) is 17.6. The summed E-state index contributed by atoms with van der Waals surface area (Å²) in [4.78, 5) is 19.6. The van der Waals surface area contributed by atoms with Gasteiger partial charge in [0.2, 0.25) is 5.89 Å². The lowest BCUT2D eigenvalue weighted by Gasteiger charge is -2.01. The Morgan fingerprint density at radius 2 is 1.86 bits per heavy atom. The van der Waals surface area contributed by atoms with E-state index in [4.69, 9.17) is 4.42 Å². The van der Waals surface area contributed by atoms with E-state index < -0.39 is 4.92 Å². The molecule has 3 aromatic carbocycles. The number of nitrogens with zero attached hydrogens (tertiary/aromatic N) is 3. The molecule has 0 amide bonds. The van der Waals surface area contributed by atoms with Crippen LogP contribution < -0.4 is 0 Å². The van der Waals surface area contributed by atoms with Crippen LogP contribution in [0.4, 0.5) is 11.4 Å². The normalized spacial score (nSPS) is 11.4. The molecule has 0 saturated carbocycles. The Morgan fingerprint density at radius 1 is 1.04 bits per heavy atom. The second-order valence-electron chi connectivity index (χ2n) is 6.54. The average molecular weight is 371 g/mol. The molecule has 1 aromatic heterocycles. The molecule has 28 heavy (non-hydrogen) atoms. The maximum atomic E-state index is 11.1. The molecule has 0 spiro atoms. The van der Waals surface area contributed by atoms with Gasteiger partial charge in [0.25, 0.3) is 5.69 Å². The lowest BCUT2D eigenvalue weighted by molar-refractivity contribution is -0.385. The van der Waals surface area contributed by atoms with E-state index in [1.807, 2.05) is 18.2 Å². The number of aliphatic imine (C=N–C) groups is 1. The van der Waals surface area contributed by atoms with Gasteiger partial charge in [0.05, 0.1) is 16.2 Å². The van der Waals surface area contributed by atoms with Gasteiger partial charge in [-0.15, -0.1) is 0 Å². The zero-order valence-electron chi connectivity index (χ0n) is 15.4. The number of benzene rings is 3. The lowest BCUT2D eigenvalue weighted by Crippen LogP contribution is -1.93. The number of rotatable bonds is 4. The Balaban J connectivity index is 1.67. The van der Waals surface area contributed by atoms with Crippen LogP contribution in [0.3, 0.4) is 0 Å². The van der Waals surface area contributed by atoms with Crippen molar-refractivity contribution < 1.29 is 9.34 Å². The van der Waals surface area contributed by atoms with Crippen molar-refractivity contribution in [2.75, 3.05) is 0 Å². The Morgan fingerprint density at radius 3 is 2.64 bits per heavy atom. The summed E-state index contributed by atoms with van der Waals surface area (Å²) < 4.78 is 5.87. The summed E-state index contributed by atoms with van der Waals surface area (Å²) in [7, 11) is 0. The maximum absolute atomic E-state index is 11.1. The number of aryl methyl sites for hydroxylation is 2. The van der Waals surface area contributed by atoms with Crippen LogP contribution in [-0.4, -0.2) is 16.1 Å². The summed E-state index contributed by atoms with van der Waals surface area (Å²) in [6, 6.07) is 18.0. The molecule has 4 rings (SSSR count). The van der Waals surface area contributed by atoms with Crippen molar-refractivity contribution in [3.8, 4) is 11.5 Å². The Kier molecular flexibility index (Phi) is 4.45. The molecule has 0 aliphatic rings. The second-order valence-corrected chi connectivity index (χ2v) is 6.54. The fraction of sp³-hybridized carbons (Fsp3) is 0.0909. The van der Waals surface area contributed by atoms with E-state index in [2.05, 4.69) is 23.8 Å².